The predicted octanol–water partition coefficient (Wildman–Crippen LogP) is 2.34. The van der Waals surface area contributed by atoms with Crippen molar-refractivity contribution < 1.29 is 0 Å². The molecule has 0 fully saturated rings. The molecular formula is C14H16N2O. The molecule has 0 saturated heterocycles. The maximum atomic E-state index is 11.4. The molecule has 2 rings (SSSR count). The molecule has 0 aliphatic carbocycles. The van der Waals surface area contributed by atoms with Gasteiger partial charge in [0.1, 0.15) is 0 Å². The fraction of sp³-hybridized carbons (Fsp3) is 0.214. The van der Waals surface area contributed by atoms with Crippen LogP contribution >= 0.6 is 0 Å². The van der Waals surface area contributed by atoms with Crippen molar-refractivity contribution in [3.8, 4) is 5.69 Å². The fourth-order valence-corrected chi connectivity index (χ4v) is 1.98. The fourth-order valence-electron chi connectivity index (χ4n) is 1.98. The van der Waals surface area contributed by atoms with E-state index in [1.165, 1.54) is 5.56 Å². The third kappa shape index (κ3) is 2.09. The van der Waals surface area contributed by atoms with Crippen molar-refractivity contribution in [2.45, 2.75) is 20.8 Å². The van der Waals surface area contributed by atoms with Gasteiger partial charge in [-0.2, -0.15) is 0 Å². The number of benzene rings is 1. The summed E-state index contributed by atoms with van der Waals surface area (Å²) < 4.78 is 1.95. The number of hydrogen-bond acceptors (Lipinski definition) is 2. The molecule has 0 bridgehead atoms. The van der Waals surface area contributed by atoms with Crippen LogP contribution in [0, 0.1) is 20.8 Å². The average molecular weight is 228 g/mol. The summed E-state index contributed by atoms with van der Waals surface area (Å²) in [6, 6.07) is 7.77. The van der Waals surface area contributed by atoms with Crippen LogP contribution in [0.5, 0.6) is 0 Å². The van der Waals surface area contributed by atoms with Crippen molar-refractivity contribution in [3.05, 3.63) is 57.5 Å². The Morgan fingerprint density at radius 1 is 1.12 bits per heavy atom. The Morgan fingerprint density at radius 3 is 2.47 bits per heavy atom. The highest BCUT2D eigenvalue weighted by Crippen LogP contribution is 2.17. The maximum absolute atomic E-state index is 11.4. The van der Waals surface area contributed by atoms with E-state index in [0.29, 0.717) is 0 Å². The van der Waals surface area contributed by atoms with Crippen LogP contribution in [0.1, 0.15) is 16.8 Å². The van der Waals surface area contributed by atoms with Crippen LogP contribution in [-0.4, -0.2) is 4.57 Å². The minimum Gasteiger partial charge on any atom is -0.394 e. The summed E-state index contributed by atoms with van der Waals surface area (Å²) in [6.45, 7) is 6.01. The second kappa shape index (κ2) is 4.09. The summed E-state index contributed by atoms with van der Waals surface area (Å²) >= 11 is 0. The minimum atomic E-state index is -0.122. The first-order chi connectivity index (χ1) is 7.99. The molecule has 1 aromatic carbocycles. The van der Waals surface area contributed by atoms with Gasteiger partial charge in [-0.05, 0) is 32.4 Å². The molecule has 0 spiro atoms. The summed E-state index contributed by atoms with van der Waals surface area (Å²) in [5.74, 6) is 0. The molecule has 0 aliphatic heterocycles. The zero-order chi connectivity index (χ0) is 12.6. The largest absolute Gasteiger partial charge is 0.394 e. The normalized spacial score (nSPS) is 10.5. The van der Waals surface area contributed by atoms with E-state index >= 15 is 0 Å². The number of nitrogens with zero attached hydrogens (tertiary/aromatic N) is 1. The average Bonchev–Trinajstić information content (AvgIpc) is 2.24. The second-order valence-corrected chi connectivity index (χ2v) is 4.39. The monoisotopic (exact) mass is 228 g/mol. The lowest BCUT2D eigenvalue weighted by Gasteiger charge is -2.14. The molecule has 1 heterocycles. The first-order valence-corrected chi connectivity index (χ1v) is 5.55. The number of nitrogen functional groups attached to an aromatic ring is 1. The van der Waals surface area contributed by atoms with Crippen molar-refractivity contribution in [2.24, 2.45) is 0 Å². The molecule has 0 amide bonds. The van der Waals surface area contributed by atoms with E-state index in [4.69, 9.17) is 5.73 Å². The molecule has 0 aliphatic rings. The molecule has 0 saturated carbocycles. The van der Waals surface area contributed by atoms with Crippen LogP contribution in [0.4, 0.5) is 5.69 Å². The predicted molar refractivity (Wildman–Crippen MR) is 70.7 cm³/mol. The van der Waals surface area contributed by atoms with Gasteiger partial charge in [0.15, 0.2) is 0 Å². The van der Waals surface area contributed by atoms with E-state index in [1.54, 1.807) is 12.3 Å². The Morgan fingerprint density at radius 2 is 1.82 bits per heavy atom. The third-order valence-corrected chi connectivity index (χ3v) is 2.88. The van der Waals surface area contributed by atoms with Gasteiger partial charge in [-0.3, -0.25) is 4.79 Å². The van der Waals surface area contributed by atoms with Gasteiger partial charge in [0, 0.05) is 23.6 Å². The van der Waals surface area contributed by atoms with Crippen molar-refractivity contribution in [2.75, 3.05) is 5.73 Å². The van der Waals surface area contributed by atoms with Gasteiger partial charge in [-0.15, -0.1) is 0 Å². The number of pyridine rings is 1. The third-order valence-electron chi connectivity index (χ3n) is 2.88. The summed E-state index contributed by atoms with van der Waals surface area (Å²) in [4.78, 5) is 11.4. The van der Waals surface area contributed by atoms with Crippen LogP contribution < -0.4 is 11.2 Å². The van der Waals surface area contributed by atoms with Gasteiger partial charge in [-0.1, -0.05) is 17.7 Å². The summed E-state index contributed by atoms with van der Waals surface area (Å²) in [7, 11) is 0. The minimum absolute atomic E-state index is 0.122. The van der Waals surface area contributed by atoms with Gasteiger partial charge in [-0.25, -0.2) is 0 Å². The molecule has 17 heavy (non-hydrogen) atoms. The van der Waals surface area contributed by atoms with Gasteiger partial charge >= 0.3 is 0 Å². The number of rotatable bonds is 1. The zero-order valence-corrected chi connectivity index (χ0v) is 10.3. The van der Waals surface area contributed by atoms with E-state index in [1.807, 2.05) is 17.6 Å². The highest BCUT2D eigenvalue weighted by molar-refractivity contribution is 5.47. The van der Waals surface area contributed by atoms with Crippen LogP contribution in [0.3, 0.4) is 0 Å². The number of hydrogen-bond donors (Lipinski definition) is 1. The highest BCUT2D eigenvalue weighted by Gasteiger charge is 2.05. The standard InChI is InChI=1S/C14H16N2O/c1-9-4-5-13(10(2)6-9)16-8-12(15)14(17)7-11(16)3/h4-8H,15H2,1-3H3. The van der Waals surface area contributed by atoms with Gasteiger partial charge < -0.3 is 10.3 Å². The van der Waals surface area contributed by atoms with Crippen molar-refractivity contribution in [3.63, 3.8) is 0 Å². The van der Waals surface area contributed by atoms with Crippen molar-refractivity contribution in [1.82, 2.24) is 4.57 Å². The molecule has 3 nitrogen and oxygen atoms in total. The van der Waals surface area contributed by atoms with E-state index in [-0.39, 0.29) is 11.1 Å². The molecule has 88 valence electrons. The lowest BCUT2D eigenvalue weighted by Crippen LogP contribution is -2.13. The lowest BCUT2D eigenvalue weighted by molar-refractivity contribution is 0.965. The molecule has 0 radical (unpaired) electrons. The Labute approximate surface area is 101 Å². The van der Waals surface area contributed by atoms with E-state index in [2.05, 4.69) is 26.0 Å². The number of anilines is 1. The summed E-state index contributed by atoms with van der Waals surface area (Å²) in [5, 5.41) is 0. The second-order valence-electron chi connectivity index (χ2n) is 4.39. The van der Waals surface area contributed by atoms with Crippen molar-refractivity contribution >= 4 is 5.69 Å². The van der Waals surface area contributed by atoms with E-state index in [0.717, 1.165) is 16.9 Å². The first kappa shape index (κ1) is 11.5. The Kier molecular flexibility index (Phi) is 2.76. The number of aromatic nitrogens is 1. The SMILES string of the molecule is Cc1ccc(-n2cc(N)c(=O)cc2C)c(C)c1. The Hall–Kier alpha value is -2.03. The molecule has 0 atom stereocenters. The maximum Gasteiger partial charge on any atom is 0.204 e. The molecule has 3 heteroatoms. The molecular weight excluding hydrogens is 212 g/mol. The van der Waals surface area contributed by atoms with Crippen LogP contribution in [-0.2, 0) is 0 Å². The highest BCUT2D eigenvalue weighted by atomic mass is 16.1. The van der Waals surface area contributed by atoms with E-state index < -0.39 is 0 Å². The van der Waals surface area contributed by atoms with E-state index in [9.17, 15) is 4.79 Å². The van der Waals surface area contributed by atoms with Crippen LogP contribution in [0.2, 0.25) is 0 Å². The number of nitrogens with two attached hydrogens (primary N) is 1. The molecule has 2 N–H and O–H groups in total. The zero-order valence-electron chi connectivity index (χ0n) is 10.3. The van der Waals surface area contributed by atoms with Gasteiger partial charge in [0.25, 0.3) is 0 Å². The topological polar surface area (TPSA) is 48.0 Å². The van der Waals surface area contributed by atoms with Crippen LogP contribution in [0.25, 0.3) is 5.69 Å². The van der Waals surface area contributed by atoms with Gasteiger partial charge in [0.2, 0.25) is 5.43 Å². The quantitative estimate of drug-likeness (QED) is 0.814. The van der Waals surface area contributed by atoms with Crippen LogP contribution in [0.15, 0.2) is 35.3 Å². The molecule has 1 aromatic heterocycles. The first-order valence-electron chi connectivity index (χ1n) is 5.55. The van der Waals surface area contributed by atoms with Gasteiger partial charge in [0.05, 0.1) is 5.69 Å². The summed E-state index contributed by atoms with van der Waals surface area (Å²) in [6.07, 6.45) is 1.69. The smallest absolute Gasteiger partial charge is 0.204 e. The Balaban J connectivity index is 2.68. The molecule has 0 unspecified atom stereocenters. The van der Waals surface area contributed by atoms with Crippen molar-refractivity contribution in [1.29, 1.82) is 0 Å². The molecule has 2 aromatic rings. The lowest BCUT2D eigenvalue weighted by atomic mass is 10.1. The Bertz CT molecular complexity index is 627. The number of aryl methyl sites for hydroxylation is 3. The summed E-state index contributed by atoms with van der Waals surface area (Å²) in [5.41, 5.74) is 10.1.